The van der Waals surface area contributed by atoms with Gasteiger partial charge in [-0.3, -0.25) is 0 Å². The molecule has 0 radical (unpaired) electrons. The highest BCUT2D eigenvalue weighted by Crippen LogP contribution is 2.17. The Morgan fingerprint density at radius 1 is 1.14 bits per heavy atom. The quantitative estimate of drug-likeness (QED) is 0.378. The summed E-state index contributed by atoms with van der Waals surface area (Å²) in [5, 5.41) is 28.8. The molecule has 4 atom stereocenters. The molecule has 22 heavy (non-hydrogen) atoms. The molecule has 130 valence electrons. The third-order valence-corrected chi connectivity index (χ3v) is 3.92. The number of hydrogen-bond acceptors (Lipinski definition) is 5. The first-order valence-corrected chi connectivity index (χ1v) is 8.55. The molecule has 1 aliphatic rings. The fourth-order valence-electron chi connectivity index (χ4n) is 2.54. The van der Waals surface area contributed by atoms with E-state index in [1.165, 1.54) is 25.7 Å². The molecular weight excluding hydrogens is 284 g/mol. The summed E-state index contributed by atoms with van der Waals surface area (Å²) in [7, 11) is 0. The van der Waals surface area contributed by atoms with E-state index in [9.17, 15) is 15.3 Å². The molecule has 0 saturated carbocycles. The van der Waals surface area contributed by atoms with E-state index < -0.39 is 24.4 Å². The lowest BCUT2D eigenvalue weighted by atomic mass is 10.1. The van der Waals surface area contributed by atoms with Crippen molar-refractivity contribution in [2.75, 3.05) is 19.8 Å². The summed E-state index contributed by atoms with van der Waals surface area (Å²) in [5.41, 5.74) is 0. The molecule has 1 aliphatic heterocycles. The van der Waals surface area contributed by atoms with Gasteiger partial charge in [-0.25, -0.2) is 0 Å². The van der Waals surface area contributed by atoms with Crippen molar-refractivity contribution in [3.8, 4) is 0 Å². The number of aliphatic hydroxyl groups is 3. The number of rotatable bonds is 12. The van der Waals surface area contributed by atoms with Crippen molar-refractivity contribution >= 4 is 0 Å². The molecule has 0 aromatic heterocycles. The summed E-state index contributed by atoms with van der Waals surface area (Å²) in [5.74, 6) is 0. The monoisotopic (exact) mass is 316 g/mol. The standard InChI is InChI=1S/C17H32O5/c1-2-3-4-5-6-7-8-9-10-11-21-12-15(19)17-16(20)14(18)13-22-17/h3-4,14-20H,2,5-13H2,1H3/b4-3+/t14-,15+,16-,17-/m1/s1. The van der Waals surface area contributed by atoms with Crippen LogP contribution < -0.4 is 0 Å². The lowest BCUT2D eigenvalue weighted by molar-refractivity contribution is -0.0813. The van der Waals surface area contributed by atoms with E-state index in [0.717, 1.165) is 19.3 Å². The highest BCUT2D eigenvalue weighted by atomic mass is 16.5. The molecule has 1 heterocycles. The summed E-state index contributed by atoms with van der Waals surface area (Å²) in [6.07, 6.45) is 9.00. The number of aliphatic hydroxyl groups excluding tert-OH is 3. The molecule has 0 aromatic rings. The SMILES string of the molecule is CC/C=C/CCCCCCCOC[C@H](O)[C@H]1OC[C@@H](O)[C@H]1O. The average molecular weight is 316 g/mol. The van der Waals surface area contributed by atoms with Gasteiger partial charge in [0.25, 0.3) is 0 Å². The topological polar surface area (TPSA) is 79.2 Å². The fraction of sp³-hybridized carbons (Fsp3) is 0.882. The molecule has 0 spiro atoms. The highest BCUT2D eigenvalue weighted by Gasteiger charge is 2.39. The Kier molecular flexibility index (Phi) is 10.7. The molecule has 1 rings (SSSR count). The van der Waals surface area contributed by atoms with Crippen LogP contribution in [0, 0.1) is 0 Å². The van der Waals surface area contributed by atoms with E-state index in [1.807, 2.05) is 0 Å². The maximum atomic E-state index is 9.85. The van der Waals surface area contributed by atoms with Crippen LogP contribution in [0.3, 0.4) is 0 Å². The molecule has 0 unspecified atom stereocenters. The third-order valence-electron chi connectivity index (χ3n) is 3.92. The summed E-state index contributed by atoms with van der Waals surface area (Å²) in [6, 6.07) is 0. The maximum absolute atomic E-state index is 9.85. The Labute approximate surface area is 133 Å². The molecule has 0 bridgehead atoms. The van der Waals surface area contributed by atoms with Gasteiger partial charge >= 0.3 is 0 Å². The van der Waals surface area contributed by atoms with Gasteiger partial charge in [0.2, 0.25) is 0 Å². The minimum atomic E-state index is -1.03. The van der Waals surface area contributed by atoms with Gasteiger partial charge in [0, 0.05) is 6.61 Å². The summed E-state index contributed by atoms with van der Waals surface area (Å²) in [4.78, 5) is 0. The zero-order valence-corrected chi connectivity index (χ0v) is 13.7. The van der Waals surface area contributed by atoms with Crippen LogP contribution in [-0.2, 0) is 9.47 Å². The van der Waals surface area contributed by atoms with Crippen LogP contribution in [-0.4, -0.2) is 59.6 Å². The van der Waals surface area contributed by atoms with Crippen molar-refractivity contribution in [1.29, 1.82) is 0 Å². The Hall–Kier alpha value is -0.460. The predicted molar refractivity (Wildman–Crippen MR) is 85.7 cm³/mol. The zero-order chi connectivity index (χ0) is 16.2. The first kappa shape index (κ1) is 19.6. The van der Waals surface area contributed by atoms with Crippen molar-refractivity contribution in [1.82, 2.24) is 0 Å². The van der Waals surface area contributed by atoms with E-state index in [0.29, 0.717) is 6.61 Å². The van der Waals surface area contributed by atoms with E-state index in [2.05, 4.69) is 19.1 Å². The van der Waals surface area contributed by atoms with Crippen molar-refractivity contribution in [2.45, 2.75) is 76.3 Å². The summed E-state index contributed by atoms with van der Waals surface area (Å²) < 4.78 is 10.6. The van der Waals surface area contributed by atoms with Gasteiger partial charge in [-0.2, -0.15) is 0 Å². The van der Waals surface area contributed by atoms with Gasteiger partial charge in [-0.15, -0.1) is 0 Å². The van der Waals surface area contributed by atoms with E-state index in [-0.39, 0.29) is 13.2 Å². The van der Waals surface area contributed by atoms with Gasteiger partial charge < -0.3 is 24.8 Å². The molecule has 5 nitrogen and oxygen atoms in total. The molecular formula is C17H32O5. The zero-order valence-electron chi connectivity index (χ0n) is 13.7. The lowest BCUT2D eigenvalue weighted by Crippen LogP contribution is -2.40. The van der Waals surface area contributed by atoms with Gasteiger partial charge in [0.05, 0.1) is 13.2 Å². The van der Waals surface area contributed by atoms with Gasteiger partial charge in [-0.1, -0.05) is 38.3 Å². The molecule has 5 heteroatoms. The minimum Gasteiger partial charge on any atom is -0.388 e. The smallest absolute Gasteiger partial charge is 0.114 e. The Morgan fingerprint density at radius 2 is 1.86 bits per heavy atom. The number of ether oxygens (including phenoxy) is 2. The number of hydrogen-bond donors (Lipinski definition) is 3. The van der Waals surface area contributed by atoms with Crippen LogP contribution in [0.4, 0.5) is 0 Å². The van der Waals surface area contributed by atoms with Crippen LogP contribution in [0.15, 0.2) is 12.2 Å². The average Bonchev–Trinajstić information content (AvgIpc) is 2.84. The summed E-state index contributed by atoms with van der Waals surface area (Å²) >= 11 is 0. The van der Waals surface area contributed by atoms with Crippen LogP contribution in [0.1, 0.15) is 51.9 Å². The first-order chi connectivity index (χ1) is 10.7. The predicted octanol–water partition coefficient (Wildman–Crippen LogP) is 1.79. The molecule has 0 aromatic carbocycles. The highest BCUT2D eigenvalue weighted by molar-refractivity contribution is 4.87. The first-order valence-electron chi connectivity index (χ1n) is 8.55. The molecule has 3 N–H and O–H groups in total. The molecule has 0 amide bonds. The Balaban J connectivity index is 1.90. The van der Waals surface area contributed by atoms with Gasteiger partial charge in [-0.05, 0) is 25.7 Å². The van der Waals surface area contributed by atoms with Crippen LogP contribution >= 0.6 is 0 Å². The largest absolute Gasteiger partial charge is 0.388 e. The van der Waals surface area contributed by atoms with E-state index >= 15 is 0 Å². The minimum absolute atomic E-state index is 0.0658. The third kappa shape index (κ3) is 7.70. The van der Waals surface area contributed by atoms with Crippen LogP contribution in [0.25, 0.3) is 0 Å². The second kappa shape index (κ2) is 12.0. The van der Waals surface area contributed by atoms with Gasteiger partial charge in [0.1, 0.15) is 24.4 Å². The van der Waals surface area contributed by atoms with Gasteiger partial charge in [0.15, 0.2) is 0 Å². The lowest BCUT2D eigenvalue weighted by Gasteiger charge is -2.20. The molecule has 0 aliphatic carbocycles. The second-order valence-electron chi connectivity index (χ2n) is 5.93. The number of unbranched alkanes of at least 4 members (excludes halogenated alkanes) is 5. The number of allylic oxidation sites excluding steroid dienone is 2. The maximum Gasteiger partial charge on any atom is 0.114 e. The van der Waals surface area contributed by atoms with Crippen molar-refractivity contribution in [3.63, 3.8) is 0 Å². The van der Waals surface area contributed by atoms with Crippen molar-refractivity contribution in [2.24, 2.45) is 0 Å². The van der Waals surface area contributed by atoms with Crippen LogP contribution in [0.5, 0.6) is 0 Å². The van der Waals surface area contributed by atoms with Crippen LogP contribution in [0.2, 0.25) is 0 Å². The van der Waals surface area contributed by atoms with Crippen molar-refractivity contribution < 1.29 is 24.8 Å². The second-order valence-corrected chi connectivity index (χ2v) is 5.93. The van der Waals surface area contributed by atoms with E-state index in [1.54, 1.807) is 0 Å². The van der Waals surface area contributed by atoms with Crippen molar-refractivity contribution in [3.05, 3.63) is 12.2 Å². The fourth-order valence-corrected chi connectivity index (χ4v) is 2.54. The molecule has 1 saturated heterocycles. The Bertz CT molecular complexity index is 295. The molecule has 1 fully saturated rings. The normalized spacial score (nSPS) is 26.8. The Morgan fingerprint density at radius 3 is 2.55 bits per heavy atom. The summed E-state index contributed by atoms with van der Waals surface area (Å²) in [6.45, 7) is 2.96. The van der Waals surface area contributed by atoms with E-state index in [4.69, 9.17) is 9.47 Å².